The van der Waals surface area contributed by atoms with Crippen molar-refractivity contribution >= 4 is 11.0 Å². The van der Waals surface area contributed by atoms with Gasteiger partial charge in [-0.3, -0.25) is 0 Å². The molecule has 3 heterocycles. The molecule has 24 heavy (non-hydrogen) atoms. The van der Waals surface area contributed by atoms with Crippen molar-refractivity contribution in [3.05, 3.63) is 42.4 Å². The average Bonchev–Trinajstić information content (AvgIpc) is 3.26. The van der Waals surface area contributed by atoms with Gasteiger partial charge in [0.1, 0.15) is 0 Å². The summed E-state index contributed by atoms with van der Waals surface area (Å²) in [5.74, 6) is 0.133. The Kier molecular flexibility index (Phi) is 3.40. The molecule has 1 N–H and O–H groups in total. The van der Waals surface area contributed by atoms with Gasteiger partial charge in [-0.2, -0.15) is 0 Å². The highest BCUT2D eigenvalue weighted by atomic mass is 32.2. The molecule has 126 valence electrons. The first-order valence-corrected chi connectivity index (χ1v) is 9.86. The zero-order valence-corrected chi connectivity index (χ0v) is 14.2. The lowest BCUT2D eigenvalue weighted by molar-refractivity contribution is 0.0358. The molecule has 2 aliphatic heterocycles. The zero-order chi connectivity index (χ0) is 16.3. The number of aromatic nitrogens is 2. The van der Waals surface area contributed by atoms with Crippen molar-refractivity contribution in [2.24, 2.45) is 5.92 Å². The minimum absolute atomic E-state index is 0.130. The number of nitrogens with zero attached hydrogens (tertiary/aromatic N) is 3. The largest absolute Gasteiger partial charge is 0.391 e. The van der Waals surface area contributed by atoms with E-state index in [0.717, 1.165) is 31.5 Å². The van der Waals surface area contributed by atoms with E-state index in [4.69, 9.17) is 0 Å². The molecule has 1 aliphatic carbocycles. The van der Waals surface area contributed by atoms with Gasteiger partial charge in [0, 0.05) is 29.8 Å². The Labute approximate surface area is 143 Å². The van der Waals surface area contributed by atoms with E-state index in [1.807, 2.05) is 16.8 Å². The topological polar surface area (TPSA) is 58.4 Å². The molecule has 0 bridgehead atoms. The number of benzene rings is 1. The second-order valence-corrected chi connectivity index (χ2v) is 8.84. The Balaban J connectivity index is 1.44. The lowest BCUT2D eigenvalue weighted by Crippen LogP contribution is -2.47. The highest BCUT2D eigenvalue weighted by Gasteiger charge is 2.42. The van der Waals surface area contributed by atoms with Crippen molar-refractivity contribution in [1.82, 2.24) is 13.9 Å². The van der Waals surface area contributed by atoms with Crippen LogP contribution in [0.3, 0.4) is 0 Å². The van der Waals surface area contributed by atoms with Gasteiger partial charge in [0.25, 0.3) is 0 Å². The maximum absolute atomic E-state index is 12.4. The molecule has 6 heteroatoms. The number of rotatable bonds is 3. The van der Waals surface area contributed by atoms with E-state index >= 15 is 0 Å². The quantitative estimate of drug-likeness (QED) is 0.927. The summed E-state index contributed by atoms with van der Waals surface area (Å²) in [6.07, 6.45) is 6.31. The molecular weight excluding hydrogens is 322 g/mol. The second-order valence-electron chi connectivity index (χ2n) is 7.10. The smallest absolute Gasteiger partial charge is 0.0975 e. The van der Waals surface area contributed by atoms with Gasteiger partial charge in [-0.15, -0.1) is 0 Å². The average molecular weight is 343 g/mol. The summed E-state index contributed by atoms with van der Waals surface area (Å²) in [5.41, 5.74) is 3.62. The number of fused-ring (bicyclic) bond motifs is 3. The number of imidazole rings is 1. The van der Waals surface area contributed by atoms with Crippen LogP contribution in [-0.2, 0) is 11.0 Å². The first-order valence-electron chi connectivity index (χ1n) is 8.69. The van der Waals surface area contributed by atoms with Crippen LogP contribution < -0.4 is 0 Å². The van der Waals surface area contributed by atoms with Crippen LogP contribution in [0.2, 0.25) is 0 Å². The third-order valence-electron chi connectivity index (χ3n) is 5.59. The van der Waals surface area contributed by atoms with E-state index in [2.05, 4.69) is 33.8 Å². The molecule has 0 amide bonds. The Hall–Kier alpha value is -1.50. The lowest BCUT2D eigenvalue weighted by atomic mass is 9.84. The molecule has 5 nitrogen and oxygen atoms in total. The van der Waals surface area contributed by atoms with Gasteiger partial charge in [-0.1, -0.05) is 24.3 Å². The fourth-order valence-electron chi connectivity index (χ4n) is 4.24. The van der Waals surface area contributed by atoms with Crippen LogP contribution in [0.5, 0.6) is 0 Å². The van der Waals surface area contributed by atoms with Gasteiger partial charge in [-0.25, -0.2) is 13.5 Å². The minimum Gasteiger partial charge on any atom is -0.391 e. The highest BCUT2D eigenvalue weighted by molar-refractivity contribution is 7.83. The first kappa shape index (κ1) is 14.8. The lowest BCUT2D eigenvalue weighted by Gasteiger charge is -2.38. The van der Waals surface area contributed by atoms with Crippen molar-refractivity contribution < 1.29 is 9.32 Å². The molecule has 2 fully saturated rings. The summed E-state index contributed by atoms with van der Waals surface area (Å²) in [6.45, 7) is 1.31. The molecule has 0 spiro atoms. The van der Waals surface area contributed by atoms with Crippen molar-refractivity contribution in [3.63, 3.8) is 0 Å². The summed E-state index contributed by atoms with van der Waals surface area (Å²) in [5, 5.41) is 11.2. The van der Waals surface area contributed by atoms with E-state index < -0.39 is 17.1 Å². The maximum atomic E-state index is 12.4. The number of β-amino-alcohol motifs (C(OH)–C–C–N with tert-alkyl or cyclic N) is 1. The van der Waals surface area contributed by atoms with Gasteiger partial charge in [-0.05, 0) is 24.8 Å². The molecule has 4 atom stereocenters. The maximum Gasteiger partial charge on any atom is 0.0975 e. The molecule has 1 aromatic heterocycles. The van der Waals surface area contributed by atoms with Crippen LogP contribution in [-0.4, -0.2) is 47.6 Å². The van der Waals surface area contributed by atoms with Crippen LogP contribution in [0.1, 0.15) is 30.9 Å². The molecular formula is C18H21N3O2S. The van der Waals surface area contributed by atoms with Gasteiger partial charge in [0.15, 0.2) is 0 Å². The normalized spacial score (nSPS) is 30.8. The number of aliphatic hydroxyl groups is 1. The van der Waals surface area contributed by atoms with E-state index in [1.165, 1.54) is 11.1 Å². The van der Waals surface area contributed by atoms with Crippen LogP contribution in [0.25, 0.3) is 11.3 Å². The fourth-order valence-corrected chi connectivity index (χ4v) is 5.79. The third-order valence-corrected chi connectivity index (χ3v) is 7.47. The predicted octanol–water partition coefficient (Wildman–Crippen LogP) is 1.96. The highest BCUT2D eigenvalue weighted by Crippen LogP contribution is 2.45. The van der Waals surface area contributed by atoms with Crippen molar-refractivity contribution in [3.8, 4) is 11.3 Å². The van der Waals surface area contributed by atoms with Crippen LogP contribution in [0.4, 0.5) is 0 Å². The molecule has 1 saturated heterocycles. The fraction of sp³-hybridized carbons (Fsp3) is 0.500. The number of hydrogen-bond acceptors (Lipinski definition) is 3. The predicted molar refractivity (Wildman–Crippen MR) is 92.7 cm³/mol. The van der Waals surface area contributed by atoms with Gasteiger partial charge in [0.05, 0.1) is 41.3 Å². The Morgan fingerprint density at radius 1 is 1.21 bits per heavy atom. The standard InChI is InChI=1S/C18H21N3O2S/c22-17-10-20(24(23)12-5-6-12)8-7-15(17)18-14-4-2-1-3-13(14)16-9-19-11-21(16)18/h1-4,9,11-12,15,17-18,22H,5-8,10H2. The van der Waals surface area contributed by atoms with Gasteiger partial charge >= 0.3 is 0 Å². The number of aliphatic hydroxyl groups excluding tert-OH is 1. The van der Waals surface area contributed by atoms with E-state index in [0.29, 0.717) is 11.8 Å². The summed E-state index contributed by atoms with van der Waals surface area (Å²) in [4.78, 5) is 4.31. The van der Waals surface area contributed by atoms with Crippen molar-refractivity contribution in [2.45, 2.75) is 36.7 Å². The zero-order valence-electron chi connectivity index (χ0n) is 13.4. The Morgan fingerprint density at radius 3 is 2.83 bits per heavy atom. The molecule has 3 aliphatic rings. The molecule has 1 aromatic carbocycles. The monoisotopic (exact) mass is 343 g/mol. The van der Waals surface area contributed by atoms with Crippen molar-refractivity contribution in [1.29, 1.82) is 0 Å². The Morgan fingerprint density at radius 2 is 2.04 bits per heavy atom. The molecule has 1 saturated carbocycles. The van der Waals surface area contributed by atoms with E-state index in [1.54, 1.807) is 0 Å². The first-order chi connectivity index (χ1) is 11.7. The molecule has 0 radical (unpaired) electrons. The minimum atomic E-state index is -0.913. The molecule has 4 unspecified atom stereocenters. The summed E-state index contributed by atoms with van der Waals surface area (Å²) >= 11 is 0. The summed E-state index contributed by atoms with van der Waals surface area (Å²) in [6, 6.07) is 8.54. The molecule has 5 rings (SSSR count). The van der Waals surface area contributed by atoms with E-state index in [-0.39, 0.29) is 12.0 Å². The number of piperidine rings is 1. The van der Waals surface area contributed by atoms with Crippen LogP contribution in [0, 0.1) is 5.92 Å². The Bertz CT molecular complexity index is 801. The molecule has 2 aromatic rings. The van der Waals surface area contributed by atoms with Gasteiger partial charge < -0.3 is 9.67 Å². The van der Waals surface area contributed by atoms with Crippen molar-refractivity contribution in [2.75, 3.05) is 13.1 Å². The van der Waals surface area contributed by atoms with E-state index in [9.17, 15) is 9.32 Å². The third kappa shape index (κ3) is 2.20. The summed E-state index contributed by atoms with van der Waals surface area (Å²) < 4.78 is 16.6. The van der Waals surface area contributed by atoms with Crippen LogP contribution in [0.15, 0.2) is 36.8 Å². The SMILES string of the molecule is O=S(C1CC1)N1CCC(C2c3ccccc3-c3cncn32)C(O)C1. The van der Waals surface area contributed by atoms with Gasteiger partial charge in [0.2, 0.25) is 0 Å². The summed E-state index contributed by atoms with van der Waals surface area (Å²) in [7, 11) is -0.913. The number of hydrogen-bond donors (Lipinski definition) is 1. The second kappa shape index (κ2) is 5.51. The van der Waals surface area contributed by atoms with Crippen LogP contribution >= 0.6 is 0 Å².